The third kappa shape index (κ3) is 3.97. The molecule has 1 aromatic heterocycles. The predicted molar refractivity (Wildman–Crippen MR) is 135 cm³/mol. The van der Waals surface area contributed by atoms with Crippen LogP contribution in [0.5, 0.6) is 5.88 Å². The summed E-state index contributed by atoms with van der Waals surface area (Å²) >= 11 is 6.55. The van der Waals surface area contributed by atoms with Crippen LogP contribution in [0.2, 0.25) is 0 Å². The number of fused-ring (bicyclic) bond motifs is 1. The zero-order chi connectivity index (χ0) is 23.4. The van der Waals surface area contributed by atoms with Gasteiger partial charge in [-0.15, -0.1) is 11.3 Å². The second-order valence-corrected chi connectivity index (χ2v) is 12.3. The first-order chi connectivity index (χ1) is 15.6. The van der Waals surface area contributed by atoms with Gasteiger partial charge < -0.3 is 19.6 Å². The van der Waals surface area contributed by atoms with Gasteiger partial charge in [-0.3, -0.25) is 0 Å². The fraction of sp³-hybridized carbons (Fsp3) is 0.444. The number of aromatic amines is 1. The maximum Gasteiger partial charge on any atom is 0.222 e. The van der Waals surface area contributed by atoms with Crippen LogP contribution >= 0.6 is 23.6 Å². The van der Waals surface area contributed by atoms with E-state index in [4.69, 9.17) is 21.7 Å². The Hall–Kier alpha value is -1.99. The summed E-state index contributed by atoms with van der Waals surface area (Å²) in [6.45, 7) is 10.5. The van der Waals surface area contributed by atoms with Crippen molar-refractivity contribution in [2.75, 3.05) is 13.2 Å². The number of rotatable bonds is 4. The highest BCUT2D eigenvalue weighted by atomic mass is 32.1. The van der Waals surface area contributed by atoms with Crippen molar-refractivity contribution >= 4 is 23.6 Å². The molecule has 6 heteroatoms. The molecule has 0 amide bonds. The summed E-state index contributed by atoms with van der Waals surface area (Å²) in [6, 6.07) is 15.1. The van der Waals surface area contributed by atoms with E-state index in [1.54, 1.807) is 0 Å². The third-order valence-electron chi connectivity index (χ3n) is 7.33. The number of H-pyrrole nitrogens is 1. The molecule has 0 radical (unpaired) electrons. The fourth-order valence-corrected chi connectivity index (χ4v) is 6.36. The number of benzene rings is 2. The lowest BCUT2D eigenvalue weighted by Gasteiger charge is -2.42. The Labute approximate surface area is 204 Å². The standard InChI is InChI=1S/C27H31NO3S2/c1-25(2)11-12-26(3,4)21-16-19(9-10-20(21)25)27(30-13-14-31-27)18-7-5-17(6-8-18)15-22-23(29)28-24(32)33-22/h5-10,16,29H,11-15H2,1-4H3,(H,28,32). The van der Waals surface area contributed by atoms with Gasteiger partial charge in [-0.2, -0.15) is 0 Å². The molecule has 0 atom stereocenters. The van der Waals surface area contributed by atoms with E-state index in [9.17, 15) is 5.11 Å². The summed E-state index contributed by atoms with van der Waals surface area (Å²) in [4.78, 5) is 3.64. The lowest BCUT2D eigenvalue weighted by atomic mass is 9.62. The topological polar surface area (TPSA) is 54.5 Å². The van der Waals surface area contributed by atoms with Crippen molar-refractivity contribution in [1.29, 1.82) is 0 Å². The van der Waals surface area contributed by atoms with Gasteiger partial charge in [0.25, 0.3) is 0 Å². The molecule has 5 rings (SSSR count). The molecule has 33 heavy (non-hydrogen) atoms. The van der Waals surface area contributed by atoms with Crippen molar-refractivity contribution in [1.82, 2.24) is 4.98 Å². The molecule has 4 nitrogen and oxygen atoms in total. The molecule has 2 heterocycles. The minimum atomic E-state index is -0.891. The molecular weight excluding hydrogens is 450 g/mol. The lowest BCUT2D eigenvalue weighted by molar-refractivity contribution is -0.130. The number of aromatic nitrogens is 1. The van der Waals surface area contributed by atoms with Gasteiger partial charge in [-0.05, 0) is 58.6 Å². The van der Waals surface area contributed by atoms with Crippen LogP contribution in [-0.2, 0) is 32.5 Å². The fourth-order valence-electron chi connectivity index (χ4n) is 5.21. The first-order valence-corrected chi connectivity index (χ1v) is 12.8. The highest BCUT2D eigenvalue weighted by Crippen LogP contribution is 2.48. The minimum absolute atomic E-state index is 0.119. The average molecular weight is 482 g/mol. The van der Waals surface area contributed by atoms with Crippen LogP contribution in [-0.4, -0.2) is 23.3 Å². The van der Waals surface area contributed by atoms with Gasteiger partial charge in [-0.25, -0.2) is 0 Å². The van der Waals surface area contributed by atoms with Crippen LogP contribution in [0.15, 0.2) is 42.5 Å². The van der Waals surface area contributed by atoms with E-state index in [0.29, 0.717) is 23.6 Å². The molecule has 2 N–H and O–H groups in total. The summed E-state index contributed by atoms with van der Waals surface area (Å²) < 4.78 is 13.2. The van der Waals surface area contributed by atoms with Crippen molar-refractivity contribution in [3.63, 3.8) is 0 Å². The molecule has 2 aromatic carbocycles. The van der Waals surface area contributed by atoms with Crippen molar-refractivity contribution in [2.45, 2.75) is 63.6 Å². The van der Waals surface area contributed by atoms with E-state index in [2.05, 4.69) is 75.1 Å². The number of nitrogens with one attached hydrogen (secondary N) is 1. The van der Waals surface area contributed by atoms with Crippen LogP contribution in [0.3, 0.4) is 0 Å². The molecule has 174 valence electrons. The lowest BCUT2D eigenvalue weighted by Crippen LogP contribution is -2.35. The van der Waals surface area contributed by atoms with Crippen molar-refractivity contribution in [2.24, 2.45) is 0 Å². The predicted octanol–water partition coefficient (Wildman–Crippen LogP) is 6.70. The van der Waals surface area contributed by atoms with E-state index < -0.39 is 5.79 Å². The molecule has 0 unspecified atom stereocenters. The summed E-state index contributed by atoms with van der Waals surface area (Å²) in [5.41, 5.74) is 6.26. The van der Waals surface area contributed by atoms with Crippen LogP contribution in [0, 0.1) is 3.95 Å². The molecule has 3 aromatic rings. The monoisotopic (exact) mass is 481 g/mol. The number of hydrogen-bond acceptors (Lipinski definition) is 5. The normalized spacial score (nSPS) is 20.5. The number of hydrogen-bond donors (Lipinski definition) is 2. The van der Waals surface area contributed by atoms with Gasteiger partial charge in [0, 0.05) is 17.5 Å². The first kappa shape index (κ1) is 22.8. The van der Waals surface area contributed by atoms with E-state index >= 15 is 0 Å². The quantitative estimate of drug-likeness (QED) is 0.407. The maximum atomic E-state index is 10.0. The highest BCUT2D eigenvalue weighted by molar-refractivity contribution is 7.73. The average Bonchev–Trinajstić information content (AvgIpc) is 3.39. The second kappa shape index (κ2) is 8.05. The van der Waals surface area contributed by atoms with Gasteiger partial charge in [0.1, 0.15) is 0 Å². The van der Waals surface area contributed by atoms with Crippen molar-refractivity contribution in [3.05, 3.63) is 79.1 Å². The van der Waals surface area contributed by atoms with E-state index in [-0.39, 0.29) is 16.7 Å². The molecule has 1 saturated heterocycles. The second-order valence-electron chi connectivity index (χ2n) is 10.5. The third-order valence-corrected chi connectivity index (χ3v) is 8.55. The van der Waals surface area contributed by atoms with Gasteiger partial charge in [0.05, 0.1) is 18.1 Å². The Kier molecular flexibility index (Phi) is 5.56. The van der Waals surface area contributed by atoms with Crippen molar-refractivity contribution in [3.8, 4) is 5.88 Å². The maximum absolute atomic E-state index is 10.0. The van der Waals surface area contributed by atoms with Crippen LogP contribution < -0.4 is 0 Å². The van der Waals surface area contributed by atoms with Crippen LogP contribution in [0.25, 0.3) is 0 Å². The molecule has 1 aliphatic carbocycles. The summed E-state index contributed by atoms with van der Waals surface area (Å²) in [5.74, 6) is -0.731. The smallest absolute Gasteiger partial charge is 0.222 e. The van der Waals surface area contributed by atoms with E-state index in [0.717, 1.165) is 21.6 Å². The van der Waals surface area contributed by atoms with Crippen molar-refractivity contribution < 1.29 is 14.6 Å². The Bertz CT molecular complexity index is 1230. The van der Waals surface area contributed by atoms with E-state index in [1.807, 2.05) is 0 Å². The number of ether oxygens (including phenoxy) is 2. The molecule has 2 aliphatic rings. The number of aromatic hydroxyl groups is 1. The Morgan fingerprint density at radius 2 is 1.52 bits per heavy atom. The summed E-state index contributed by atoms with van der Waals surface area (Å²) in [5, 5.41) is 10.0. The highest BCUT2D eigenvalue weighted by Gasteiger charge is 2.43. The molecule has 0 saturated carbocycles. The largest absolute Gasteiger partial charge is 0.494 e. The molecule has 0 spiro atoms. The SMILES string of the molecule is CC1(C)CCC(C)(C)c2cc(C3(c4ccc(Cc5sc(=S)[nH]c5O)cc4)OCCO3)ccc21. The Morgan fingerprint density at radius 1 is 0.909 bits per heavy atom. The molecule has 0 bridgehead atoms. The molecular formula is C27H31NO3S2. The number of thiazole rings is 1. The van der Waals surface area contributed by atoms with Crippen LogP contribution in [0.4, 0.5) is 0 Å². The van der Waals surface area contributed by atoms with Gasteiger partial charge >= 0.3 is 0 Å². The molecule has 1 aliphatic heterocycles. The molecule has 1 fully saturated rings. The van der Waals surface area contributed by atoms with Gasteiger partial charge in [-0.1, -0.05) is 64.1 Å². The van der Waals surface area contributed by atoms with E-state index in [1.165, 1.54) is 35.3 Å². The van der Waals surface area contributed by atoms with Gasteiger partial charge in [0.2, 0.25) is 11.7 Å². The Balaban J connectivity index is 1.52. The first-order valence-electron chi connectivity index (χ1n) is 11.5. The zero-order valence-corrected chi connectivity index (χ0v) is 21.3. The minimum Gasteiger partial charge on any atom is -0.494 e. The Morgan fingerprint density at radius 3 is 2.12 bits per heavy atom. The zero-order valence-electron chi connectivity index (χ0n) is 19.7. The van der Waals surface area contributed by atoms with Gasteiger partial charge in [0.15, 0.2) is 3.95 Å². The van der Waals surface area contributed by atoms with Crippen LogP contribution in [0.1, 0.15) is 73.2 Å². The summed E-state index contributed by atoms with van der Waals surface area (Å²) in [7, 11) is 0. The summed E-state index contributed by atoms with van der Waals surface area (Å²) in [6.07, 6.45) is 2.98.